The van der Waals surface area contributed by atoms with Crippen LogP contribution < -0.4 is 0 Å². The molecule has 0 saturated heterocycles. The molecule has 2 rings (SSSR count). The minimum absolute atomic E-state index is 0.0449. The maximum atomic E-state index is 12.2. The summed E-state index contributed by atoms with van der Waals surface area (Å²) in [4.78, 5) is 12.2. The first-order chi connectivity index (χ1) is 9.45. The maximum Gasteiger partial charge on any atom is 0.182 e. The maximum absolute atomic E-state index is 12.2. The summed E-state index contributed by atoms with van der Waals surface area (Å²) in [5.74, 6) is 1.23. The molecule has 20 heavy (non-hydrogen) atoms. The Bertz CT molecular complexity index is 495. The first-order valence-corrected chi connectivity index (χ1v) is 8.92. The molecule has 3 atom stereocenters. The van der Waals surface area contributed by atoms with E-state index in [4.69, 9.17) is 11.6 Å². The van der Waals surface area contributed by atoms with E-state index in [0.29, 0.717) is 6.04 Å². The first-order valence-electron chi connectivity index (χ1n) is 7.44. The van der Waals surface area contributed by atoms with E-state index < -0.39 is 5.38 Å². The third-order valence-electron chi connectivity index (χ3n) is 4.24. The van der Waals surface area contributed by atoms with E-state index in [1.54, 1.807) is 6.92 Å². The lowest BCUT2D eigenvalue weighted by Crippen LogP contribution is -2.14. The predicted molar refractivity (Wildman–Crippen MR) is 88.4 cm³/mol. The molecule has 0 amide bonds. The van der Waals surface area contributed by atoms with Crippen molar-refractivity contribution in [2.75, 3.05) is 5.75 Å². The lowest BCUT2D eigenvalue weighted by atomic mass is 10.1. The Kier molecular flexibility index (Phi) is 5.25. The number of aryl methyl sites for hydroxylation is 1. The minimum Gasteiger partial charge on any atom is -0.345 e. The smallest absolute Gasteiger partial charge is 0.182 e. The Labute approximate surface area is 131 Å². The summed E-state index contributed by atoms with van der Waals surface area (Å²) in [6.45, 7) is 8.13. The molecule has 1 heterocycles. The zero-order chi connectivity index (χ0) is 14.9. The third-order valence-corrected chi connectivity index (χ3v) is 5.67. The van der Waals surface area contributed by atoms with Crippen LogP contribution in [0.1, 0.15) is 60.9 Å². The summed E-state index contributed by atoms with van der Waals surface area (Å²) in [5, 5.41) is 0.327. The van der Waals surface area contributed by atoms with E-state index in [0.717, 1.165) is 16.5 Å². The Morgan fingerprint density at radius 2 is 2.20 bits per heavy atom. The molecule has 0 aromatic carbocycles. The van der Waals surface area contributed by atoms with Gasteiger partial charge in [0.25, 0.3) is 0 Å². The third kappa shape index (κ3) is 3.09. The molecule has 4 heteroatoms. The van der Waals surface area contributed by atoms with Crippen molar-refractivity contribution in [3.8, 4) is 0 Å². The highest BCUT2D eigenvalue weighted by Crippen LogP contribution is 2.39. The molecular weight excluding hydrogens is 290 g/mol. The number of aromatic nitrogens is 1. The molecule has 1 saturated carbocycles. The SMILES string of the molecule is CCSC1CCC(n2c(C)cc(C(=O)C(C)Cl)c2C)C1. The van der Waals surface area contributed by atoms with E-state index in [1.165, 1.54) is 30.7 Å². The van der Waals surface area contributed by atoms with Crippen molar-refractivity contribution in [3.63, 3.8) is 0 Å². The van der Waals surface area contributed by atoms with Crippen molar-refractivity contribution >= 4 is 29.1 Å². The summed E-state index contributed by atoms with van der Waals surface area (Å²) in [5.41, 5.74) is 3.08. The van der Waals surface area contributed by atoms with Gasteiger partial charge in [0.15, 0.2) is 5.78 Å². The average molecular weight is 314 g/mol. The number of halogens is 1. The number of hydrogen-bond acceptors (Lipinski definition) is 2. The van der Waals surface area contributed by atoms with Crippen LogP contribution in [0.15, 0.2) is 6.07 Å². The standard InChI is InChI=1S/C16H24ClNOS/c1-5-20-14-7-6-13(9-14)18-10(2)8-15(12(18)4)16(19)11(3)17/h8,11,13-14H,5-7,9H2,1-4H3. The van der Waals surface area contributed by atoms with Crippen LogP contribution in [0.3, 0.4) is 0 Å². The second-order valence-electron chi connectivity index (χ2n) is 5.68. The molecule has 1 fully saturated rings. The molecule has 3 unspecified atom stereocenters. The van der Waals surface area contributed by atoms with Crippen LogP contribution in [-0.4, -0.2) is 26.7 Å². The number of carbonyl (C=O) groups is 1. The molecule has 1 aromatic rings. The van der Waals surface area contributed by atoms with Gasteiger partial charge in [-0.15, -0.1) is 11.6 Å². The summed E-state index contributed by atoms with van der Waals surface area (Å²) < 4.78 is 2.36. The van der Waals surface area contributed by atoms with Gasteiger partial charge in [-0.1, -0.05) is 6.92 Å². The zero-order valence-electron chi connectivity index (χ0n) is 12.8. The van der Waals surface area contributed by atoms with Gasteiger partial charge in [0.05, 0.1) is 5.38 Å². The highest BCUT2D eigenvalue weighted by molar-refractivity contribution is 7.99. The van der Waals surface area contributed by atoms with Crippen LogP contribution in [0.5, 0.6) is 0 Å². The molecule has 1 aliphatic rings. The molecule has 0 N–H and O–H groups in total. The van der Waals surface area contributed by atoms with E-state index >= 15 is 0 Å². The van der Waals surface area contributed by atoms with Gasteiger partial charge in [0, 0.05) is 28.2 Å². The molecule has 0 radical (unpaired) electrons. The molecule has 0 spiro atoms. The van der Waals surface area contributed by atoms with E-state index in [2.05, 4.69) is 37.1 Å². The van der Waals surface area contributed by atoms with Crippen LogP contribution >= 0.6 is 23.4 Å². The van der Waals surface area contributed by atoms with Gasteiger partial charge in [0.2, 0.25) is 0 Å². The van der Waals surface area contributed by atoms with Crippen molar-refractivity contribution in [2.24, 2.45) is 0 Å². The van der Waals surface area contributed by atoms with Gasteiger partial charge in [-0.2, -0.15) is 11.8 Å². The van der Waals surface area contributed by atoms with E-state index in [-0.39, 0.29) is 5.78 Å². The van der Waals surface area contributed by atoms with Crippen LogP contribution in [-0.2, 0) is 0 Å². The van der Waals surface area contributed by atoms with E-state index in [1.807, 2.05) is 6.07 Å². The van der Waals surface area contributed by atoms with Gasteiger partial charge >= 0.3 is 0 Å². The Morgan fingerprint density at radius 3 is 2.80 bits per heavy atom. The predicted octanol–water partition coefficient (Wildman–Crippen LogP) is 4.76. The van der Waals surface area contributed by atoms with Crippen molar-refractivity contribution in [3.05, 3.63) is 23.0 Å². The highest BCUT2D eigenvalue weighted by Gasteiger charge is 2.29. The highest BCUT2D eigenvalue weighted by atomic mass is 35.5. The van der Waals surface area contributed by atoms with Gasteiger partial charge in [-0.05, 0) is 51.9 Å². The summed E-state index contributed by atoms with van der Waals surface area (Å²) >= 11 is 8.02. The Hall–Kier alpha value is -0.410. The summed E-state index contributed by atoms with van der Waals surface area (Å²) in [7, 11) is 0. The Morgan fingerprint density at radius 1 is 1.50 bits per heavy atom. The molecule has 112 valence electrons. The largest absolute Gasteiger partial charge is 0.345 e. The van der Waals surface area contributed by atoms with Crippen LogP contribution in [0, 0.1) is 13.8 Å². The van der Waals surface area contributed by atoms with Crippen molar-refractivity contribution in [1.82, 2.24) is 4.57 Å². The van der Waals surface area contributed by atoms with Crippen molar-refractivity contribution in [2.45, 2.75) is 63.6 Å². The lowest BCUT2D eigenvalue weighted by molar-refractivity contribution is 0.0991. The summed E-state index contributed by atoms with van der Waals surface area (Å²) in [6.07, 6.45) is 3.73. The quantitative estimate of drug-likeness (QED) is 0.577. The second-order valence-corrected chi connectivity index (χ2v) is 7.91. The van der Waals surface area contributed by atoms with Gasteiger partial charge < -0.3 is 4.57 Å². The molecule has 0 aliphatic heterocycles. The van der Waals surface area contributed by atoms with Crippen molar-refractivity contribution < 1.29 is 4.79 Å². The first kappa shape index (κ1) is 16.0. The normalized spacial score (nSPS) is 24.1. The fraction of sp³-hybridized carbons (Fsp3) is 0.688. The minimum atomic E-state index is -0.448. The number of Topliss-reactive ketones (excluding diaryl/α,β-unsaturated/α-hetero) is 1. The Balaban J connectivity index is 2.23. The van der Waals surface area contributed by atoms with Crippen LogP contribution in [0.2, 0.25) is 0 Å². The molecular formula is C16H24ClNOS. The number of thioether (sulfide) groups is 1. The van der Waals surface area contributed by atoms with Crippen molar-refractivity contribution in [1.29, 1.82) is 0 Å². The molecule has 1 aromatic heterocycles. The molecule has 2 nitrogen and oxygen atoms in total. The monoisotopic (exact) mass is 313 g/mol. The zero-order valence-corrected chi connectivity index (χ0v) is 14.4. The van der Waals surface area contributed by atoms with Gasteiger partial charge in [-0.25, -0.2) is 0 Å². The van der Waals surface area contributed by atoms with Crippen LogP contribution in [0.4, 0.5) is 0 Å². The fourth-order valence-electron chi connectivity index (χ4n) is 3.34. The second kappa shape index (κ2) is 6.57. The number of ketones is 1. The topological polar surface area (TPSA) is 22.0 Å². The van der Waals surface area contributed by atoms with Gasteiger partial charge in [-0.3, -0.25) is 4.79 Å². The lowest BCUT2D eigenvalue weighted by Gasteiger charge is -2.18. The average Bonchev–Trinajstić information content (AvgIpc) is 2.94. The number of hydrogen-bond donors (Lipinski definition) is 0. The van der Waals surface area contributed by atoms with E-state index in [9.17, 15) is 4.79 Å². The number of carbonyl (C=O) groups excluding carboxylic acids is 1. The van der Waals surface area contributed by atoms with Gasteiger partial charge in [0.1, 0.15) is 0 Å². The fourth-order valence-corrected chi connectivity index (χ4v) is 4.59. The number of rotatable bonds is 5. The molecule has 0 bridgehead atoms. The number of alkyl halides is 1. The molecule has 1 aliphatic carbocycles. The number of nitrogens with zero attached hydrogens (tertiary/aromatic N) is 1. The van der Waals surface area contributed by atoms with Crippen LogP contribution in [0.25, 0.3) is 0 Å². The summed E-state index contributed by atoms with van der Waals surface area (Å²) in [6, 6.07) is 2.56.